The normalized spacial score (nSPS) is 23.8. The lowest BCUT2D eigenvalue weighted by Gasteiger charge is -2.13. The molecular formula is C8H10N2O. The van der Waals surface area contributed by atoms with Crippen molar-refractivity contribution < 1.29 is 4.74 Å². The summed E-state index contributed by atoms with van der Waals surface area (Å²) < 4.78 is 5.26. The fraction of sp³-hybridized carbons (Fsp3) is 0.375. The first kappa shape index (κ1) is 6.61. The topological polar surface area (TPSA) is 37.9 Å². The second kappa shape index (κ2) is 2.88. The number of nitrogens with one attached hydrogen (secondary N) is 1. The minimum absolute atomic E-state index is 0.318. The highest BCUT2D eigenvalue weighted by Crippen LogP contribution is 2.15. The number of aromatic nitrogens is 2. The number of aromatic amines is 1. The number of ether oxygens (including phenoxy) is 1. The Hall–Kier alpha value is -1.09. The van der Waals surface area contributed by atoms with Crippen LogP contribution in [0.25, 0.3) is 0 Å². The van der Waals surface area contributed by atoms with Crippen molar-refractivity contribution >= 4 is 0 Å². The zero-order valence-corrected chi connectivity index (χ0v) is 6.16. The van der Waals surface area contributed by atoms with E-state index in [9.17, 15) is 0 Å². The van der Waals surface area contributed by atoms with Gasteiger partial charge in [0.15, 0.2) is 0 Å². The minimum atomic E-state index is 0.318. The molecule has 1 aromatic rings. The molecule has 1 N–H and O–H groups in total. The SMILES string of the molecule is C1=CC(c2ncc[nH]2)COC1. The third-order valence-corrected chi connectivity index (χ3v) is 1.75. The predicted octanol–water partition coefficient (Wildman–Crippen LogP) is 1.08. The van der Waals surface area contributed by atoms with Crippen LogP contribution < -0.4 is 0 Å². The van der Waals surface area contributed by atoms with Gasteiger partial charge in [0.25, 0.3) is 0 Å². The van der Waals surface area contributed by atoms with E-state index in [4.69, 9.17) is 4.74 Å². The van der Waals surface area contributed by atoms with Gasteiger partial charge in [-0.05, 0) is 0 Å². The predicted molar refractivity (Wildman–Crippen MR) is 41.3 cm³/mol. The van der Waals surface area contributed by atoms with Gasteiger partial charge in [0, 0.05) is 12.4 Å². The highest BCUT2D eigenvalue weighted by atomic mass is 16.5. The Morgan fingerprint density at radius 3 is 3.27 bits per heavy atom. The quantitative estimate of drug-likeness (QED) is 0.608. The van der Waals surface area contributed by atoms with Crippen LogP contribution in [0.3, 0.4) is 0 Å². The minimum Gasteiger partial charge on any atom is -0.376 e. The molecule has 2 rings (SSSR count). The second-order valence-corrected chi connectivity index (χ2v) is 2.55. The van der Waals surface area contributed by atoms with Crippen LogP contribution in [0.4, 0.5) is 0 Å². The molecule has 1 atom stereocenters. The molecule has 0 saturated carbocycles. The van der Waals surface area contributed by atoms with Crippen LogP contribution in [-0.4, -0.2) is 23.2 Å². The zero-order chi connectivity index (χ0) is 7.52. The van der Waals surface area contributed by atoms with E-state index in [0.29, 0.717) is 5.92 Å². The van der Waals surface area contributed by atoms with Crippen molar-refractivity contribution in [1.29, 1.82) is 0 Å². The Bertz CT molecular complexity index is 241. The Kier molecular flexibility index (Phi) is 1.73. The smallest absolute Gasteiger partial charge is 0.115 e. The summed E-state index contributed by atoms with van der Waals surface area (Å²) in [7, 11) is 0. The van der Waals surface area contributed by atoms with E-state index >= 15 is 0 Å². The van der Waals surface area contributed by atoms with Gasteiger partial charge in [0.05, 0.1) is 19.1 Å². The average Bonchev–Trinajstić information content (AvgIpc) is 2.58. The molecule has 1 unspecified atom stereocenters. The zero-order valence-electron chi connectivity index (χ0n) is 6.16. The van der Waals surface area contributed by atoms with Crippen molar-refractivity contribution in [2.75, 3.05) is 13.2 Å². The summed E-state index contributed by atoms with van der Waals surface area (Å²) in [6.45, 7) is 1.47. The van der Waals surface area contributed by atoms with Crippen molar-refractivity contribution in [3.05, 3.63) is 30.4 Å². The molecule has 0 radical (unpaired) electrons. The Morgan fingerprint density at radius 1 is 1.64 bits per heavy atom. The molecule has 3 heteroatoms. The first-order valence-electron chi connectivity index (χ1n) is 3.70. The van der Waals surface area contributed by atoms with Crippen molar-refractivity contribution in [3.63, 3.8) is 0 Å². The number of imidazole rings is 1. The summed E-state index contributed by atoms with van der Waals surface area (Å²) in [5, 5.41) is 0. The van der Waals surface area contributed by atoms with Gasteiger partial charge in [-0.15, -0.1) is 0 Å². The molecule has 58 valence electrons. The summed E-state index contributed by atoms with van der Waals surface area (Å²) in [4.78, 5) is 7.22. The third kappa shape index (κ3) is 1.33. The van der Waals surface area contributed by atoms with Gasteiger partial charge in [-0.1, -0.05) is 12.2 Å². The molecule has 0 spiro atoms. The van der Waals surface area contributed by atoms with Crippen molar-refractivity contribution in [1.82, 2.24) is 9.97 Å². The lowest BCUT2D eigenvalue weighted by molar-refractivity contribution is 0.144. The largest absolute Gasteiger partial charge is 0.376 e. The molecule has 0 bridgehead atoms. The Balaban J connectivity index is 2.16. The van der Waals surface area contributed by atoms with Crippen molar-refractivity contribution in [2.45, 2.75) is 5.92 Å². The number of H-pyrrole nitrogens is 1. The third-order valence-electron chi connectivity index (χ3n) is 1.75. The average molecular weight is 150 g/mol. The lowest BCUT2D eigenvalue weighted by atomic mass is 10.1. The maximum atomic E-state index is 5.26. The monoisotopic (exact) mass is 150 g/mol. The number of hydrogen-bond donors (Lipinski definition) is 1. The summed E-state index contributed by atoms with van der Waals surface area (Å²) in [6, 6.07) is 0. The molecule has 3 nitrogen and oxygen atoms in total. The van der Waals surface area contributed by atoms with E-state index < -0.39 is 0 Å². The Labute approximate surface area is 65.1 Å². The van der Waals surface area contributed by atoms with Crippen LogP contribution in [0, 0.1) is 0 Å². The second-order valence-electron chi connectivity index (χ2n) is 2.55. The van der Waals surface area contributed by atoms with Gasteiger partial charge in [-0.3, -0.25) is 0 Å². The van der Waals surface area contributed by atoms with Gasteiger partial charge in [-0.2, -0.15) is 0 Å². The fourth-order valence-corrected chi connectivity index (χ4v) is 1.19. The highest BCUT2D eigenvalue weighted by molar-refractivity contribution is 5.09. The molecule has 2 heterocycles. The number of nitrogens with zero attached hydrogens (tertiary/aromatic N) is 1. The van der Waals surface area contributed by atoms with E-state index in [1.165, 1.54) is 0 Å². The summed E-state index contributed by atoms with van der Waals surface area (Å²) in [5.74, 6) is 1.31. The molecule has 1 aromatic heterocycles. The molecule has 0 fully saturated rings. The first-order chi connectivity index (χ1) is 5.47. The van der Waals surface area contributed by atoms with Crippen LogP contribution in [-0.2, 0) is 4.74 Å². The van der Waals surface area contributed by atoms with Crippen molar-refractivity contribution in [3.8, 4) is 0 Å². The number of hydrogen-bond acceptors (Lipinski definition) is 2. The van der Waals surface area contributed by atoms with E-state index in [-0.39, 0.29) is 0 Å². The summed E-state index contributed by atoms with van der Waals surface area (Å²) in [5.41, 5.74) is 0. The molecule has 0 saturated heterocycles. The molecule has 0 aliphatic carbocycles. The van der Waals surface area contributed by atoms with Gasteiger partial charge in [0.1, 0.15) is 5.82 Å². The molecule has 1 aliphatic heterocycles. The highest BCUT2D eigenvalue weighted by Gasteiger charge is 2.12. The van der Waals surface area contributed by atoms with Gasteiger partial charge < -0.3 is 9.72 Å². The lowest BCUT2D eigenvalue weighted by Crippen LogP contribution is -2.11. The van der Waals surface area contributed by atoms with Crippen LogP contribution in [0.2, 0.25) is 0 Å². The van der Waals surface area contributed by atoms with Crippen LogP contribution >= 0.6 is 0 Å². The van der Waals surface area contributed by atoms with Gasteiger partial charge in [0.2, 0.25) is 0 Å². The van der Waals surface area contributed by atoms with Gasteiger partial charge >= 0.3 is 0 Å². The first-order valence-corrected chi connectivity index (χ1v) is 3.70. The summed E-state index contributed by atoms with van der Waals surface area (Å²) in [6.07, 6.45) is 7.74. The Morgan fingerprint density at radius 2 is 2.64 bits per heavy atom. The standard InChI is InChI=1S/C8H10N2O/c1-2-7(6-11-5-1)8-9-3-4-10-8/h1-4,7H,5-6H2,(H,9,10). The maximum Gasteiger partial charge on any atom is 0.115 e. The molecule has 0 aromatic carbocycles. The van der Waals surface area contributed by atoms with Crippen LogP contribution in [0.1, 0.15) is 11.7 Å². The van der Waals surface area contributed by atoms with E-state index in [2.05, 4.69) is 16.0 Å². The van der Waals surface area contributed by atoms with Gasteiger partial charge in [-0.25, -0.2) is 4.98 Å². The number of rotatable bonds is 1. The maximum absolute atomic E-state index is 5.26. The molecular weight excluding hydrogens is 140 g/mol. The molecule has 1 aliphatic rings. The van der Waals surface area contributed by atoms with Crippen LogP contribution in [0.5, 0.6) is 0 Å². The van der Waals surface area contributed by atoms with E-state index in [0.717, 1.165) is 19.0 Å². The molecule has 0 amide bonds. The van der Waals surface area contributed by atoms with Crippen LogP contribution in [0.15, 0.2) is 24.5 Å². The van der Waals surface area contributed by atoms with Crippen molar-refractivity contribution in [2.24, 2.45) is 0 Å². The molecule has 11 heavy (non-hydrogen) atoms. The van der Waals surface area contributed by atoms with E-state index in [1.807, 2.05) is 12.3 Å². The summed E-state index contributed by atoms with van der Waals surface area (Å²) >= 11 is 0. The fourth-order valence-electron chi connectivity index (χ4n) is 1.19. The van der Waals surface area contributed by atoms with E-state index in [1.54, 1.807) is 6.20 Å².